The van der Waals surface area contributed by atoms with E-state index in [0.29, 0.717) is 19.4 Å². The minimum absolute atomic E-state index is 0.238. The summed E-state index contributed by atoms with van der Waals surface area (Å²) in [5, 5.41) is 4.82. The maximum absolute atomic E-state index is 11.4. The van der Waals surface area contributed by atoms with Gasteiger partial charge in [-0.05, 0) is 12.8 Å². The van der Waals surface area contributed by atoms with E-state index in [9.17, 15) is 14.4 Å². The van der Waals surface area contributed by atoms with Crippen molar-refractivity contribution in [2.45, 2.75) is 19.3 Å². The molecule has 0 aromatic heterocycles. The molecule has 2 heterocycles. The van der Waals surface area contributed by atoms with Crippen LogP contribution in [0.1, 0.15) is 19.3 Å². The third kappa shape index (κ3) is 1.03. The fraction of sp³-hybridized carbons (Fsp3) is 0.625. The molecular weight excluding hydrogens is 172 g/mol. The largest absolute Gasteiger partial charge is 0.355 e. The average Bonchev–Trinajstić information content (AvgIpc) is 2.43. The molecule has 2 saturated heterocycles. The van der Waals surface area contributed by atoms with E-state index in [4.69, 9.17) is 0 Å². The first kappa shape index (κ1) is 8.22. The van der Waals surface area contributed by atoms with Crippen molar-refractivity contribution in [3.63, 3.8) is 0 Å². The van der Waals surface area contributed by atoms with Crippen molar-refractivity contribution in [2.75, 3.05) is 6.54 Å². The lowest BCUT2D eigenvalue weighted by Crippen LogP contribution is -2.52. The second-order valence-electron chi connectivity index (χ2n) is 3.47. The van der Waals surface area contributed by atoms with Gasteiger partial charge in [0.15, 0.2) is 0 Å². The number of nitrogens with one attached hydrogen (secondary N) is 2. The molecule has 0 aromatic carbocycles. The third-order valence-corrected chi connectivity index (χ3v) is 2.74. The van der Waals surface area contributed by atoms with Crippen LogP contribution in [-0.4, -0.2) is 24.3 Å². The van der Waals surface area contributed by atoms with Crippen LogP contribution in [0.25, 0.3) is 0 Å². The van der Waals surface area contributed by atoms with Gasteiger partial charge in [0.05, 0.1) is 0 Å². The van der Waals surface area contributed by atoms with Crippen LogP contribution in [0.2, 0.25) is 0 Å². The lowest BCUT2D eigenvalue weighted by molar-refractivity contribution is -0.147. The highest BCUT2D eigenvalue weighted by molar-refractivity contribution is 6.13. The fourth-order valence-corrected chi connectivity index (χ4v) is 1.88. The molecular formula is C8H10N2O3. The summed E-state index contributed by atoms with van der Waals surface area (Å²) in [6.07, 6.45) is 1.12. The van der Waals surface area contributed by atoms with Gasteiger partial charge in [-0.3, -0.25) is 19.7 Å². The number of piperidine rings is 1. The van der Waals surface area contributed by atoms with Gasteiger partial charge in [-0.25, -0.2) is 0 Å². The highest BCUT2D eigenvalue weighted by atomic mass is 16.2. The molecule has 0 radical (unpaired) electrons. The Kier molecular flexibility index (Phi) is 1.61. The van der Waals surface area contributed by atoms with Gasteiger partial charge in [0.2, 0.25) is 17.7 Å². The van der Waals surface area contributed by atoms with Crippen LogP contribution in [0, 0.1) is 5.41 Å². The van der Waals surface area contributed by atoms with Crippen LogP contribution in [-0.2, 0) is 14.4 Å². The van der Waals surface area contributed by atoms with E-state index in [1.807, 2.05) is 0 Å². The van der Waals surface area contributed by atoms with Crippen LogP contribution in [0.4, 0.5) is 0 Å². The van der Waals surface area contributed by atoms with E-state index in [0.717, 1.165) is 0 Å². The number of rotatable bonds is 0. The lowest BCUT2D eigenvalue weighted by Gasteiger charge is -2.28. The zero-order valence-electron chi connectivity index (χ0n) is 7.05. The Balaban J connectivity index is 2.27. The van der Waals surface area contributed by atoms with Crippen molar-refractivity contribution in [1.82, 2.24) is 10.6 Å². The van der Waals surface area contributed by atoms with Crippen molar-refractivity contribution < 1.29 is 14.4 Å². The molecule has 2 aliphatic rings. The summed E-state index contributed by atoms with van der Waals surface area (Å²) in [5.41, 5.74) is -0.950. The van der Waals surface area contributed by atoms with Gasteiger partial charge in [0, 0.05) is 13.0 Å². The number of carbonyl (C=O) groups excluding carboxylic acids is 3. The Morgan fingerprint density at radius 3 is 2.38 bits per heavy atom. The molecule has 3 amide bonds. The number of hydrogen-bond donors (Lipinski definition) is 2. The predicted octanol–water partition coefficient (Wildman–Crippen LogP) is -1.07. The Morgan fingerprint density at radius 1 is 1.08 bits per heavy atom. The van der Waals surface area contributed by atoms with E-state index in [-0.39, 0.29) is 18.2 Å². The summed E-state index contributed by atoms with van der Waals surface area (Å²) in [6, 6.07) is 0. The SMILES string of the molecule is O=C1CCC2(CCNC2=O)C(=O)N1. The van der Waals surface area contributed by atoms with Crippen LogP contribution >= 0.6 is 0 Å². The molecule has 2 aliphatic heterocycles. The van der Waals surface area contributed by atoms with E-state index in [1.165, 1.54) is 0 Å². The van der Waals surface area contributed by atoms with E-state index >= 15 is 0 Å². The van der Waals surface area contributed by atoms with Gasteiger partial charge in [-0.1, -0.05) is 0 Å². The fourth-order valence-electron chi connectivity index (χ4n) is 1.88. The predicted molar refractivity (Wildman–Crippen MR) is 42.4 cm³/mol. The average molecular weight is 182 g/mol. The molecule has 2 fully saturated rings. The zero-order valence-corrected chi connectivity index (χ0v) is 7.05. The molecule has 0 bridgehead atoms. The van der Waals surface area contributed by atoms with Gasteiger partial charge >= 0.3 is 0 Å². The van der Waals surface area contributed by atoms with Gasteiger partial charge in [-0.15, -0.1) is 0 Å². The Labute approximate surface area is 74.9 Å². The molecule has 2 rings (SSSR count). The molecule has 0 aromatic rings. The summed E-state index contributed by atoms with van der Waals surface area (Å²) >= 11 is 0. The molecule has 5 heteroatoms. The van der Waals surface area contributed by atoms with E-state index in [1.54, 1.807) is 0 Å². The molecule has 70 valence electrons. The summed E-state index contributed by atoms with van der Waals surface area (Å²) in [7, 11) is 0. The molecule has 5 nitrogen and oxygen atoms in total. The van der Waals surface area contributed by atoms with Crippen molar-refractivity contribution in [3.05, 3.63) is 0 Å². The highest BCUT2D eigenvalue weighted by Crippen LogP contribution is 2.34. The van der Waals surface area contributed by atoms with Crippen LogP contribution in [0.15, 0.2) is 0 Å². The molecule has 1 spiro atoms. The second-order valence-corrected chi connectivity index (χ2v) is 3.47. The Bertz CT molecular complexity index is 300. The first-order valence-corrected chi connectivity index (χ1v) is 4.28. The minimum Gasteiger partial charge on any atom is -0.355 e. The number of imide groups is 1. The van der Waals surface area contributed by atoms with E-state index < -0.39 is 11.3 Å². The zero-order chi connectivity index (χ0) is 9.47. The molecule has 1 unspecified atom stereocenters. The summed E-state index contributed by atoms with van der Waals surface area (Å²) < 4.78 is 0. The van der Waals surface area contributed by atoms with Crippen molar-refractivity contribution >= 4 is 17.7 Å². The van der Waals surface area contributed by atoms with Gasteiger partial charge < -0.3 is 5.32 Å². The number of hydrogen-bond acceptors (Lipinski definition) is 3. The van der Waals surface area contributed by atoms with Crippen LogP contribution in [0.3, 0.4) is 0 Å². The maximum atomic E-state index is 11.4. The third-order valence-electron chi connectivity index (χ3n) is 2.74. The quantitative estimate of drug-likeness (QED) is 0.370. The molecule has 13 heavy (non-hydrogen) atoms. The normalized spacial score (nSPS) is 33.4. The van der Waals surface area contributed by atoms with Gasteiger partial charge in [0.25, 0.3) is 0 Å². The first-order valence-electron chi connectivity index (χ1n) is 4.28. The molecule has 1 atom stereocenters. The van der Waals surface area contributed by atoms with Gasteiger partial charge in [0.1, 0.15) is 5.41 Å². The first-order chi connectivity index (χ1) is 6.15. The van der Waals surface area contributed by atoms with Crippen LogP contribution in [0.5, 0.6) is 0 Å². The molecule has 0 saturated carbocycles. The van der Waals surface area contributed by atoms with Crippen molar-refractivity contribution in [1.29, 1.82) is 0 Å². The standard InChI is InChI=1S/C8H10N2O3/c11-5-1-2-8(7(13)10-5)3-4-9-6(8)12/h1-4H2,(H,9,12)(H,10,11,13). The molecule has 2 N–H and O–H groups in total. The van der Waals surface area contributed by atoms with Crippen molar-refractivity contribution in [2.24, 2.45) is 5.41 Å². The highest BCUT2D eigenvalue weighted by Gasteiger charge is 2.51. The Hall–Kier alpha value is -1.39. The van der Waals surface area contributed by atoms with Crippen LogP contribution < -0.4 is 10.6 Å². The van der Waals surface area contributed by atoms with Gasteiger partial charge in [-0.2, -0.15) is 0 Å². The lowest BCUT2D eigenvalue weighted by atomic mass is 9.78. The number of amides is 3. The van der Waals surface area contributed by atoms with E-state index in [2.05, 4.69) is 10.6 Å². The maximum Gasteiger partial charge on any atom is 0.242 e. The summed E-state index contributed by atoms with van der Waals surface area (Å²) in [4.78, 5) is 33.7. The second kappa shape index (κ2) is 2.55. The molecule has 0 aliphatic carbocycles. The van der Waals surface area contributed by atoms with Crippen molar-refractivity contribution in [3.8, 4) is 0 Å². The smallest absolute Gasteiger partial charge is 0.242 e. The summed E-state index contributed by atoms with van der Waals surface area (Å²) in [5.74, 6) is -0.952. The topological polar surface area (TPSA) is 75.3 Å². The minimum atomic E-state index is -0.950. The summed E-state index contributed by atoms with van der Waals surface area (Å²) in [6.45, 7) is 0.528. The Morgan fingerprint density at radius 2 is 1.85 bits per heavy atom. The monoisotopic (exact) mass is 182 g/mol. The number of carbonyl (C=O) groups is 3.